The molecule has 0 aliphatic heterocycles. The normalized spacial score (nSPS) is 15.2. The lowest BCUT2D eigenvalue weighted by Crippen LogP contribution is -2.43. The van der Waals surface area contributed by atoms with E-state index >= 15 is 0 Å². The van der Waals surface area contributed by atoms with Crippen LogP contribution in [0.25, 0.3) is 33.4 Å². The van der Waals surface area contributed by atoms with Gasteiger partial charge in [0.2, 0.25) is 0 Å². The van der Waals surface area contributed by atoms with E-state index in [1.165, 1.54) is 77.9 Å². The van der Waals surface area contributed by atoms with Gasteiger partial charge >= 0.3 is 0 Å². The summed E-state index contributed by atoms with van der Waals surface area (Å²) in [5, 5.41) is 0. The minimum absolute atomic E-state index is 0.411. The van der Waals surface area contributed by atoms with Crippen LogP contribution in [0, 0.1) is 0 Å². The van der Waals surface area contributed by atoms with Crippen molar-refractivity contribution >= 4 is 0 Å². The Kier molecular flexibility index (Phi) is 4.64. The average Bonchev–Trinajstić information content (AvgIpc) is 3.56. The van der Waals surface area contributed by atoms with Gasteiger partial charge in [-0.05, 0) is 96.1 Å². The van der Waals surface area contributed by atoms with Gasteiger partial charge in [-0.25, -0.2) is 0 Å². The van der Waals surface area contributed by atoms with Crippen molar-refractivity contribution in [2.75, 3.05) is 0 Å². The Morgan fingerprint density at radius 2 is 0.659 bits per heavy atom. The molecule has 204 valence electrons. The van der Waals surface area contributed by atoms with Gasteiger partial charge in [0.05, 0.1) is 10.8 Å². The zero-order valence-electron chi connectivity index (χ0n) is 24.0. The number of nitrogens with zero attached hydrogens (tertiary/aromatic N) is 1. The maximum Gasteiger partial charge on any atom is 0.0720 e. The van der Waals surface area contributed by atoms with E-state index < -0.39 is 10.8 Å². The monoisotopic (exact) mass is 557 g/mol. The Morgan fingerprint density at radius 1 is 0.295 bits per heavy atom. The van der Waals surface area contributed by atoms with Gasteiger partial charge < -0.3 is 0 Å². The zero-order valence-corrected chi connectivity index (χ0v) is 24.0. The fourth-order valence-electron chi connectivity index (χ4n) is 8.96. The zero-order chi connectivity index (χ0) is 28.9. The van der Waals surface area contributed by atoms with Crippen molar-refractivity contribution in [3.8, 4) is 33.4 Å². The maximum atomic E-state index is 4.30. The summed E-state index contributed by atoms with van der Waals surface area (Å²) in [5.74, 6) is 0. The lowest BCUT2D eigenvalue weighted by Gasteiger charge is -2.48. The van der Waals surface area contributed by atoms with E-state index in [-0.39, 0.29) is 0 Å². The minimum atomic E-state index is -0.458. The summed E-state index contributed by atoms with van der Waals surface area (Å²) in [6, 6.07) is 57.0. The topological polar surface area (TPSA) is 12.9 Å². The number of aromatic nitrogens is 1. The third-order valence-corrected chi connectivity index (χ3v) is 10.5. The van der Waals surface area contributed by atoms with Crippen LogP contribution in [-0.2, 0) is 10.8 Å². The van der Waals surface area contributed by atoms with Gasteiger partial charge in [-0.15, -0.1) is 0 Å². The number of rotatable bonds is 1. The highest BCUT2D eigenvalue weighted by molar-refractivity contribution is 5.94. The SMILES string of the molecule is c1ccc2c(c1)-c1ccccc1C21c2ccccc2C2(c3ccccc3-c3ccc(-c4ccncc4)cc32)c2ccccc21. The molecule has 0 atom stereocenters. The summed E-state index contributed by atoms with van der Waals surface area (Å²) in [6.45, 7) is 0. The molecule has 6 aromatic carbocycles. The molecule has 0 bridgehead atoms. The van der Waals surface area contributed by atoms with Crippen molar-refractivity contribution in [3.63, 3.8) is 0 Å². The van der Waals surface area contributed by atoms with Gasteiger partial charge in [0.25, 0.3) is 0 Å². The lowest BCUT2D eigenvalue weighted by molar-refractivity contribution is 0.633. The first-order valence-corrected chi connectivity index (χ1v) is 15.4. The van der Waals surface area contributed by atoms with Crippen LogP contribution in [0.5, 0.6) is 0 Å². The highest BCUT2D eigenvalue weighted by Gasteiger charge is 2.58. The van der Waals surface area contributed by atoms with Crippen LogP contribution in [-0.4, -0.2) is 4.98 Å². The van der Waals surface area contributed by atoms with Gasteiger partial charge in [0.15, 0.2) is 0 Å². The lowest BCUT2D eigenvalue weighted by atomic mass is 9.52. The van der Waals surface area contributed by atoms with Gasteiger partial charge in [0.1, 0.15) is 0 Å². The second-order valence-corrected chi connectivity index (χ2v) is 12.2. The predicted molar refractivity (Wildman–Crippen MR) is 178 cm³/mol. The van der Waals surface area contributed by atoms with Crippen molar-refractivity contribution in [2.24, 2.45) is 0 Å². The van der Waals surface area contributed by atoms with Crippen LogP contribution in [0.15, 0.2) is 164 Å². The Labute approximate surface area is 257 Å². The van der Waals surface area contributed by atoms with Crippen LogP contribution in [0.3, 0.4) is 0 Å². The number of pyridine rings is 1. The largest absolute Gasteiger partial charge is 0.265 e. The third kappa shape index (κ3) is 2.70. The second-order valence-electron chi connectivity index (χ2n) is 12.2. The van der Waals surface area contributed by atoms with Crippen molar-refractivity contribution < 1.29 is 0 Å². The fourth-order valence-corrected chi connectivity index (χ4v) is 8.96. The third-order valence-electron chi connectivity index (χ3n) is 10.5. The number of benzene rings is 6. The molecule has 7 aromatic rings. The second kappa shape index (κ2) is 8.52. The molecule has 44 heavy (non-hydrogen) atoms. The van der Waals surface area contributed by atoms with Crippen LogP contribution >= 0.6 is 0 Å². The molecule has 0 unspecified atom stereocenters. The molecule has 1 heteroatoms. The van der Waals surface area contributed by atoms with Crippen LogP contribution in [0.1, 0.15) is 44.5 Å². The van der Waals surface area contributed by atoms with Crippen LogP contribution < -0.4 is 0 Å². The number of hydrogen-bond acceptors (Lipinski definition) is 1. The first-order chi connectivity index (χ1) is 21.8. The molecule has 1 nitrogen and oxygen atoms in total. The Balaban J connectivity index is 1.40. The van der Waals surface area contributed by atoms with E-state index in [1.54, 1.807) is 0 Å². The van der Waals surface area contributed by atoms with Gasteiger partial charge in [-0.2, -0.15) is 0 Å². The highest BCUT2D eigenvalue weighted by Crippen LogP contribution is 2.67. The van der Waals surface area contributed by atoms with Crippen molar-refractivity contribution in [3.05, 3.63) is 209 Å². The van der Waals surface area contributed by atoms with E-state index in [9.17, 15) is 0 Å². The van der Waals surface area contributed by atoms with E-state index in [1.807, 2.05) is 12.4 Å². The molecule has 2 spiro atoms. The summed E-state index contributed by atoms with van der Waals surface area (Å²) in [7, 11) is 0. The van der Waals surface area contributed by atoms with Gasteiger partial charge in [-0.1, -0.05) is 133 Å². The predicted octanol–water partition coefficient (Wildman–Crippen LogP) is 9.79. The highest BCUT2D eigenvalue weighted by atomic mass is 14.6. The molecular weight excluding hydrogens is 530 g/mol. The number of fused-ring (bicyclic) bond motifs is 16. The summed E-state index contributed by atoms with van der Waals surface area (Å²) < 4.78 is 0. The molecule has 0 saturated heterocycles. The van der Waals surface area contributed by atoms with Gasteiger partial charge in [0, 0.05) is 12.4 Å². The summed E-state index contributed by atoms with van der Waals surface area (Å²) in [5.41, 5.74) is 17.7. The molecule has 3 aliphatic rings. The number of hydrogen-bond donors (Lipinski definition) is 0. The first kappa shape index (κ1) is 24.0. The summed E-state index contributed by atoms with van der Waals surface area (Å²) >= 11 is 0. The molecule has 1 heterocycles. The van der Waals surface area contributed by atoms with Crippen LogP contribution in [0.2, 0.25) is 0 Å². The summed E-state index contributed by atoms with van der Waals surface area (Å²) in [4.78, 5) is 4.30. The molecule has 10 rings (SSSR count). The van der Waals surface area contributed by atoms with E-state index in [0.717, 1.165) is 0 Å². The molecule has 0 saturated carbocycles. The smallest absolute Gasteiger partial charge is 0.0720 e. The quantitative estimate of drug-likeness (QED) is 0.196. The molecule has 1 aromatic heterocycles. The Hall–Kier alpha value is -5.53. The van der Waals surface area contributed by atoms with E-state index in [2.05, 4.69) is 157 Å². The molecule has 0 amide bonds. The molecule has 0 radical (unpaired) electrons. The van der Waals surface area contributed by atoms with Crippen molar-refractivity contribution in [1.29, 1.82) is 0 Å². The standard InChI is InChI=1S/C43H27N/c1-4-14-34-30(11-1)31-12-2-5-15-35(31)42(34)37-17-7-9-19-39(37)43(40-20-10-8-18-38(40)42)36-16-6-3-13-32(36)33-22-21-29(27-41(33)43)28-23-25-44-26-24-28/h1-27H. The fraction of sp³-hybridized carbons (Fsp3) is 0.0465. The van der Waals surface area contributed by atoms with Crippen molar-refractivity contribution in [2.45, 2.75) is 10.8 Å². The molecule has 0 fully saturated rings. The summed E-state index contributed by atoms with van der Waals surface area (Å²) in [6.07, 6.45) is 3.77. The van der Waals surface area contributed by atoms with E-state index in [0.29, 0.717) is 0 Å². The van der Waals surface area contributed by atoms with E-state index in [4.69, 9.17) is 0 Å². The Bertz CT molecular complexity index is 2200. The minimum Gasteiger partial charge on any atom is -0.265 e. The molecule has 3 aliphatic carbocycles. The maximum absolute atomic E-state index is 4.30. The van der Waals surface area contributed by atoms with Crippen LogP contribution in [0.4, 0.5) is 0 Å². The van der Waals surface area contributed by atoms with Gasteiger partial charge in [-0.3, -0.25) is 4.98 Å². The van der Waals surface area contributed by atoms with Crippen molar-refractivity contribution in [1.82, 2.24) is 4.98 Å². The first-order valence-electron chi connectivity index (χ1n) is 15.4. The molecule has 0 N–H and O–H groups in total. The molecular formula is C43H27N. The Morgan fingerprint density at radius 3 is 1.11 bits per heavy atom. The average molecular weight is 558 g/mol.